The molecule has 1 N–H and O–H groups in total. The van der Waals surface area contributed by atoms with E-state index in [2.05, 4.69) is 5.32 Å². The number of carbonyl (C=O) groups is 2. The van der Waals surface area contributed by atoms with Gasteiger partial charge in [-0.05, 0) is 49.4 Å². The zero-order valence-electron chi connectivity index (χ0n) is 15.1. The van der Waals surface area contributed by atoms with Crippen molar-refractivity contribution in [3.8, 4) is 17.2 Å². The second kappa shape index (κ2) is 8.19. The first-order chi connectivity index (χ1) is 13.1. The number of hydrogen-bond acceptors (Lipinski definition) is 4. The summed E-state index contributed by atoms with van der Waals surface area (Å²) in [5.74, 6) is 1.51. The molecule has 5 heteroatoms. The van der Waals surface area contributed by atoms with Crippen LogP contribution in [0.5, 0.6) is 17.2 Å². The Morgan fingerprint density at radius 3 is 2.11 bits per heavy atom. The number of ether oxygens (including phenoxy) is 2. The van der Waals surface area contributed by atoms with Crippen LogP contribution in [0.25, 0.3) is 0 Å². The number of hydrogen-bond donors (Lipinski definition) is 1. The van der Waals surface area contributed by atoms with E-state index >= 15 is 0 Å². The van der Waals surface area contributed by atoms with Gasteiger partial charge in [-0.2, -0.15) is 0 Å². The standard InChI is InChI=1S/C22H19NO4/c1-15(24)20-8-3-4-9-21(20)22(25)23-16-10-12-17(13-11-16)27-19-7-5-6-18(14-19)26-2/h3-14H,1-2H3,(H,23,25). The van der Waals surface area contributed by atoms with Crippen molar-refractivity contribution in [1.82, 2.24) is 0 Å². The van der Waals surface area contributed by atoms with Crippen molar-refractivity contribution < 1.29 is 19.1 Å². The van der Waals surface area contributed by atoms with E-state index < -0.39 is 0 Å². The summed E-state index contributed by atoms with van der Waals surface area (Å²) < 4.78 is 11.0. The van der Waals surface area contributed by atoms with Crippen molar-refractivity contribution in [3.63, 3.8) is 0 Å². The van der Waals surface area contributed by atoms with Gasteiger partial charge < -0.3 is 14.8 Å². The second-order valence-electron chi connectivity index (χ2n) is 5.86. The monoisotopic (exact) mass is 361 g/mol. The van der Waals surface area contributed by atoms with Gasteiger partial charge in [0, 0.05) is 17.3 Å². The highest BCUT2D eigenvalue weighted by molar-refractivity contribution is 6.12. The molecule has 3 rings (SSSR count). The van der Waals surface area contributed by atoms with E-state index in [4.69, 9.17) is 9.47 Å². The number of carbonyl (C=O) groups excluding carboxylic acids is 2. The fourth-order valence-electron chi connectivity index (χ4n) is 2.59. The van der Waals surface area contributed by atoms with E-state index in [1.54, 1.807) is 61.7 Å². The van der Waals surface area contributed by atoms with Crippen LogP contribution in [0, 0.1) is 0 Å². The molecule has 1 amide bonds. The second-order valence-corrected chi connectivity index (χ2v) is 5.86. The Balaban J connectivity index is 1.70. The first-order valence-corrected chi connectivity index (χ1v) is 8.40. The summed E-state index contributed by atoms with van der Waals surface area (Å²) in [5.41, 5.74) is 1.35. The zero-order chi connectivity index (χ0) is 19.2. The van der Waals surface area contributed by atoms with E-state index in [9.17, 15) is 9.59 Å². The largest absolute Gasteiger partial charge is 0.497 e. The maximum atomic E-state index is 12.5. The Kier molecular flexibility index (Phi) is 5.52. The number of ketones is 1. The molecule has 136 valence electrons. The van der Waals surface area contributed by atoms with Gasteiger partial charge in [-0.15, -0.1) is 0 Å². The fraction of sp³-hybridized carbons (Fsp3) is 0.0909. The van der Waals surface area contributed by atoms with Crippen molar-refractivity contribution in [1.29, 1.82) is 0 Å². The molecule has 0 saturated heterocycles. The van der Waals surface area contributed by atoms with Crippen LogP contribution in [-0.2, 0) is 0 Å². The molecule has 0 heterocycles. The summed E-state index contributed by atoms with van der Waals surface area (Å²) in [4.78, 5) is 24.2. The van der Waals surface area contributed by atoms with E-state index in [0.717, 1.165) is 0 Å². The molecule has 0 atom stereocenters. The van der Waals surface area contributed by atoms with Crippen LogP contribution in [0.2, 0.25) is 0 Å². The lowest BCUT2D eigenvalue weighted by Crippen LogP contribution is -2.15. The van der Waals surface area contributed by atoms with Gasteiger partial charge in [0.25, 0.3) is 5.91 Å². The molecule has 0 aromatic heterocycles. The summed E-state index contributed by atoms with van der Waals surface area (Å²) in [5, 5.41) is 2.80. The molecule has 5 nitrogen and oxygen atoms in total. The minimum absolute atomic E-state index is 0.150. The van der Waals surface area contributed by atoms with Crippen molar-refractivity contribution in [2.75, 3.05) is 12.4 Å². The molecule has 0 fully saturated rings. The number of amides is 1. The highest BCUT2D eigenvalue weighted by atomic mass is 16.5. The molecule has 0 aliphatic heterocycles. The molecule has 0 unspecified atom stereocenters. The van der Waals surface area contributed by atoms with Crippen LogP contribution in [0.15, 0.2) is 72.8 Å². The predicted octanol–water partition coefficient (Wildman–Crippen LogP) is 4.94. The minimum Gasteiger partial charge on any atom is -0.497 e. The van der Waals surface area contributed by atoms with Crippen molar-refractivity contribution in [3.05, 3.63) is 83.9 Å². The Morgan fingerprint density at radius 1 is 0.778 bits per heavy atom. The van der Waals surface area contributed by atoms with Crippen LogP contribution in [0.4, 0.5) is 5.69 Å². The molecule has 0 aliphatic carbocycles. The van der Waals surface area contributed by atoms with Gasteiger partial charge in [0.2, 0.25) is 0 Å². The number of benzene rings is 3. The molecular weight excluding hydrogens is 342 g/mol. The Labute approximate surface area is 157 Å². The quantitative estimate of drug-likeness (QED) is 0.632. The molecule has 0 bridgehead atoms. The molecular formula is C22H19NO4. The van der Waals surface area contributed by atoms with Crippen LogP contribution in [-0.4, -0.2) is 18.8 Å². The maximum Gasteiger partial charge on any atom is 0.256 e. The van der Waals surface area contributed by atoms with Gasteiger partial charge in [-0.1, -0.05) is 24.3 Å². The lowest BCUT2D eigenvalue weighted by molar-refractivity contribution is 0.0985. The number of rotatable bonds is 6. The first-order valence-electron chi connectivity index (χ1n) is 8.40. The van der Waals surface area contributed by atoms with Crippen molar-refractivity contribution in [2.45, 2.75) is 6.92 Å². The van der Waals surface area contributed by atoms with Gasteiger partial charge in [0.05, 0.1) is 12.7 Å². The van der Waals surface area contributed by atoms with Crippen LogP contribution in [0.1, 0.15) is 27.6 Å². The summed E-state index contributed by atoms with van der Waals surface area (Å²) >= 11 is 0. The smallest absolute Gasteiger partial charge is 0.256 e. The van der Waals surface area contributed by atoms with Gasteiger partial charge in [-0.3, -0.25) is 9.59 Å². The lowest BCUT2D eigenvalue weighted by Gasteiger charge is -2.10. The fourth-order valence-corrected chi connectivity index (χ4v) is 2.59. The normalized spacial score (nSPS) is 10.1. The zero-order valence-corrected chi connectivity index (χ0v) is 15.1. The highest BCUT2D eigenvalue weighted by Gasteiger charge is 2.14. The van der Waals surface area contributed by atoms with Gasteiger partial charge >= 0.3 is 0 Å². The topological polar surface area (TPSA) is 64.6 Å². The SMILES string of the molecule is COc1cccc(Oc2ccc(NC(=O)c3ccccc3C(C)=O)cc2)c1. The molecule has 0 radical (unpaired) electrons. The Bertz CT molecular complexity index is 964. The number of methoxy groups -OCH3 is 1. The first kappa shape index (κ1) is 18.2. The van der Waals surface area contributed by atoms with E-state index in [-0.39, 0.29) is 11.7 Å². The van der Waals surface area contributed by atoms with E-state index in [1.807, 2.05) is 18.2 Å². The maximum absolute atomic E-state index is 12.5. The molecule has 3 aromatic rings. The number of anilines is 1. The third-order valence-electron chi connectivity index (χ3n) is 3.94. The van der Waals surface area contributed by atoms with Crippen LogP contribution >= 0.6 is 0 Å². The van der Waals surface area contributed by atoms with Gasteiger partial charge in [0.15, 0.2) is 5.78 Å². The molecule has 0 saturated carbocycles. The van der Waals surface area contributed by atoms with Crippen molar-refractivity contribution in [2.24, 2.45) is 0 Å². The number of Topliss-reactive ketones (excluding diaryl/α,β-unsaturated/α-hetero) is 1. The summed E-state index contributed by atoms with van der Waals surface area (Å²) in [6.45, 7) is 1.44. The Hall–Kier alpha value is -3.60. The summed E-state index contributed by atoms with van der Waals surface area (Å²) in [6, 6.07) is 21.0. The average molecular weight is 361 g/mol. The summed E-state index contributed by atoms with van der Waals surface area (Å²) in [7, 11) is 1.60. The predicted molar refractivity (Wildman–Crippen MR) is 104 cm³/mol. The third-order valence-corrected chi connectivity index (χ3v) is 3.94. The Morgan fingerprint density at radius 2 is 1.44 bits per heavy atom. The third kappa shape index (κ3) is 4.52. The molecule has 3 aromatic carbocycles. The average Bonchev–Trinajstić information content (AvgIpc) is 2.69. The molecule has 0 aliphatic rings. The summed E-state index contributed by atoms with van der Waals surface area (Å²) in [6.07, 6.45) is 0. The minimum atomic E-state index is -0.331. The highest BCUT2D eigenvalue weighted by Crippen LogP contribution is 2.26. The van der Waals surface area contributed by atoms with Crippen molar-refractivity contribution >= 4 is 17.4 Å². The van der Waals surface area contributed by atoms with Crippen LogP contribution < -0.4 is 14.8 Å². The van der Waals surface area contributed by atoms with Crippen LogP contribution in [0.3, 0.4) is 0 Å². The van der Waals surface area contributed by atoms with E-state index in [1.165, 1.54) is 6.92 Å². The lowest BCUT2D eigenvalue weighted by atomic mass is 10.0. The van der Waals surface area contributed by atoms with Gasteiger partial charge in [0.1, 0.15) is 17.2 Å². The van der Waals surface area contributed by atoms with Gasteiger partial charge in [-0.25, -0.2) is 0 Å². The van der Waals surface area contributed by atoms with E-state index in [0.29, 0.717) is 34.1 Å². The number of nitrogens with one attached hydrogen (secondary N) is 1. The molecule has 0 spiro atoms. The molecule has 27 heavy (non-hydrogen) atoms.